The van der Waals surface area contributed by atoms with Crippen LogP contribution in [0.25, 0.3) is 0 Å². The van der Waals surface area contributed by atoms with E-state index < -0.39 is 24.1 Å². The van der Waals surface area contributed by atoms with Crippen LogP contribution in [-0.2, 0) is 22.4 Å². The molecule has 0 spiro atoms. The van der Waals surface area contributed by atoms with Gasteiger partial charge in [-0.1, -0.05) is 78.9 Å². The lowest BCUT2D eigenvalue weighted by Crippen LogP contribution is -2.47. The summed E-state index contributed by atoms with van der Waals surface area (Å²) < 4.78 is 6.93. The summed E-state index contributed by atoms with van der Waals surface area (Å²) in [5, 5.41) is 5.70. The smallest absolute Gasteiger partial charge is 0.329 e. The molecule has 8 heteroatoms. The SMILES string of the molecule is O=C(N[C@H](COC(=O)[C@H](Cc1ccccc1)NC(=O)n1ccnc1)Cc1ccccc1)c1ccccc1. The number of nitrogens with one attached hydrogen (secondary N) is 2. The summed E-state index contributed by atoms with van der Waals surface area (Å²) in [6.07, 6.45) is 5.05. The zero-order valence-corrected chi connectivity index (χ0v) is 20.2. The predicted molar refractivity (Wildman–Crippen MR) is 139 cm³/mol. The third-order valence-corrected chi connectivity index (χ3v) is 5.73. The minimum atomic E-state index is -0.931. The second-order valence-corrected chi connectivity index (χ2v) is 8.52. The fourth-order valence-electron chi connectivity index (χ4n) is 3.84. The summed E-state index contributed by atoms with van der Waals surface area (Å²) >= 11 is 0. The molecule has 0 aliphatic heterocycles. The second kappa shape index (κ2) is 12.8. The average molecular weight is 497 g/mol. The Balaban J connectivity index is 1.46. The summed E-state index contributed by atoms with van der Waals surface area (Å²) in [6.45, 7) is -0.0570. The molecule has 0 fully saturated rings. The van der Waals surface area contributed by atoms with Crippen molar-refractivity contribution in [3.8, 4) is 0 Å². The standard InChI is InChI=1S/C29H28N4O4/c34-27(24-14-8-3-9-15-24)31-25(18-22-10-4-1-5-11-22)20-37-28(35)26(19-23-12-6-2-7-13-23)32-29(36)33-17-16-30-21-33/h1-17,21,25-26H,18-20H2,(H,31,34)(H,32,36)/t25-,26-/m0/s1. The number of esters is 1. The summed E-state index contributed by atoms with van der Waals surface area (Å²) in [5.41, 5.74) is 2.38. The number of ether oxygens (including phenoxy) is 1. The van der Waals surface area contributed by atoms with Gasteiger partial charge < -0.3 is 15.4 Å². The Hall–Kier alpha value is -4.72. The van der Waals surface area contributed by atoms with Gasteiger partial charge in [-0.3, -0.25) is 9.36 Å². The van der Waals surface area contributed by atoms with Crippen molar-refractivity contribution < 1.29 is 19.1 Å². The first-order chi connectivity index (χ1) is 18.1. The van der Waals surface area contributed by atoms with Crippen molar-refractivity contribution in [3.05, 3.63) is 126 Å². The lowest BCUT2D eigenvalue weighted by atomic mass is 10.1. The molecule has 2 N–H and O–H groups in total. The lowest BCUT2D eigenvalue weighted by molar-refractivity contribution is -0.146. The Labute approximate surface area is 215 Å². The first kappa shape index (κ1) is 25.4. The molecule has 0 aliphatic rings. The number of rotatable bonds is 10. The van der Waals surface area contributed by atoms with Gasteiger partial charge in [-0.15, -0.1) is 0 Å². The van der Waals surface area contributed by atoms with E-state index in [1.165, 1.54) is 23.3 Å². The van der Waals surface area contributed by atoms with Gasteiger partial charge in [0.05, 0.1) is 6.04 Å². The van der Waals surface area contributed by atoms with Gasteiger partial charge in [0.2, 0.25) is 0 Å². The van der Waals surface area contributed by atoms with Crippen molar-refractivity contribution in [1.82, 2.24) is 20.2 Å². The molecule has 2 amide bonds. The van der Waals surface area contributed by atoms with Gasteiger partial charge in [-0.25, -0.2) is 14.6 Å². The summed E-state index contributed by atoms with van der Waals surface area (Å²) in [7, 11) is 0. The highest BCUT2D eigenvalue weighted by molar-refractivity contribution is 5.94. The molecule has 0 saturated carbocycles. The van der Waals surface area contributed by atoms with E-state index in [1.807, 2.05) is 66.7 Å². The maximum Gasteiger partial charge on any atom is 0.329 e. The van der Waals surface area contributed by atoms with Crippen LogP contribution in [0.5, 0.6) is 0 Å². The molecule has 0 unspecified atom stereocenters. The highest BCUT2D eigenvalue weighted by atomic mass is 16.5. The molecule has 37 heavy (non-hydrogen) atoms. The van der Waals surface area contributed by atoms with Crippen molar-refractivity contribution >= 4 is 17.9 Å². The highest BCUT2D eigenvalue weighted by Gasteiger charge is 2.25. The molecule has 0 aliphatic carbocycles. The summed E-state index contributed by atoms with van der Waals surface area (Å²) in [4.78, 5) is 42.5. The van der Waals surface area contributed by atoms with Crippen molar-refractivity contribution in [2.75, 3.05) is 6.61 Å². The Kier molecular flexibility index (Phi) is 8.80. The molecule has 8 nitrogen and oxygen atoms in total. The van der Waals surface area contributed by atoms with Gasteiger partial charge in [0.1, 0.15) is 19.0 Å². The van der Waals surface area contributed by atoms with E-state index >= 15 is 0 Å². The largest absolute Gasteiger partial charge is 0.462 e. The van der Waals surface area contributed by atoms with E-state index in [1.54, 1.807) is 24.3 Å². The van der Waals surface area contributed by atoms with E-state index in [2.05, 4.69) is 15.6 Å². The van der Waals surface area contributed by atoms with E-state index in [0.29, 0.717) is 12.0 Å². The van der Waals surface area contributed by atoms with E-state index in [-0.39, 0.29) is 18.9 Å². The number of aromatic nitrogens is 2. The van der Waals surface area contributed by atoms with Gasteiger partial charge in [-0.05, 0) is 29.7 Å². The van der Waals surface area contributed by atoms with Gasteiger partial charge in [0.15, 0.2) is 0 Å². The lowest BCUT2D eigenvalue weighted by Gasteiger charge is -2.22. The molecule has 0 bridgehead atoms. The van der Waals surface area contributed by atoms with Crippen molar-refractivity contribution in [3.63, 3.8) is 0 Å². The van der Waals surface area contributed by atoms with E-state index in [0.717, 1.165) is 11.1 Å². The van der Waals surface area contributed by atoms with E-state index in [9.17, 15) is 14.4 Å². The number of nitrogens with zero attached hydrogens (tertiary/aromatic N) is 2. The maximum atomic E-state index is 13.2. The molecule has 188 valence electrons. The number of imidazole rings is 1. The normalized spacial score (nSPS) is 12.2. The monoisotopic (exact) mass is 496 g/mol. The van der Waals surface area contributed by atoms with Crippen LogP contribution in [0, 0.1) is 0 Å². The molecule has 0 saturated heterocycles. The highest BCUT2D eigenvalue weighted by Crippen LogP contribution is 2.09. The van der Waals surface area contributed by atoms with Crippen molar-refractivity contribution in [2.24, 2.45) is 0 Å². The molecule has 4 rings (SSSR count). The summed E-state index contributed by atoms with van der Waals surface area (Å²) in [6, 6.07) is 26.0. The molecular weight excluding hydrogens is 468 g/mol. The average Bonchev–Trinajstić information content (AvgIpc) is 3.48. The van der Waals surface area contributed by atoms with Crippen LogP contribution in [0.1, 0.15) is 21.5 Å². The van der Waals surface area contributed by atoms with Crippen LogP contribution in [0.15, 0.2) is 110 Å². The molecule has 1 heterocycles. The first-order valence-electron chi connectivity index (χ1n) is 12.0. The number of carbonyl (C=O) groups excluding carboxylic acids is 3. The first-order valence-corrected chi connectivity index (χ1v) is 12.0. The molecular formula is C29H28N4O4. The fraction of sp³-hybridized carbons (Fsp3) is 0.172. The van der Waals surface area contributed by atoms with Gasteiger partial charge in [0, 0.05) is 24.4 Å². The topological polar surface area (TPSA) is 102 Å². The van der Waals surface area contributed by atoms with Gasteiger partial charge >= 0.3 is 12.0 Å². The Bertz CT molecular complexity index is 1280. The fourth-order valence-corrected chi connectivity index (χ4v) is 3.84. The third-order valence-electron chi connectivity index (χ3n) is 5.73. The van der Waals surface area contributed by atoms with Crippen LogP contribution in [0.2, 0.25) is 0 Å². The van der Waals surface area contributed by atoms with Crippen molar-refractivity contribution in [2.45, 2.75) is 24.9 Å². The Morgan fingerprint density at radius 3 is 1.97 bits per heavy atom. The van der Waals surface area contributed by atoms with Gasteiger partial charge in [0.25, 0.3) is 5.91 Å². The molecule has 0 radical (unpaired) electrons. The Morgan fingerprint density at radius 2 is 1.38 bits per heavy atom. The number of amides is 2. The zero-order chi connectivity index (χ0) is 25.9. The molecule has 4 aromatic rings. The predicted octanol–water partition coefficient (Wildman–Crippen LogP) is 3.64. The zero-order valence-electron chi connectivity index (χ0n) is 20.2. The van der Waals surface area contributed by atoms with Gasteiger partial charge in [-0.2, -0.15) is 0 Å². The maximum absolute atomic E-state index is 13.2. The van der Waals surface area contributed by atoms with Crippen LogP contribution < -0.4 is 10.6 Å². The molecule has 1 aromatic heterocycles. The minimum Gasteiger partial charge on any atom is -0.462 e. The minimum absolute atomic E-state index is 0.0570. The Morgan fingerprint density at radius 1 is 0.784 bits per heavy atom. The number of hydrogen-bond acceptors (Lipinski definition) is 5. The number of benzene rings is 3. The van der Waals surface area contributed by atoms with E-state index in [4.69, 9.17) is 4.74 Å². The molecule has 2 atom stereocenters. The quantitative estimate of drug-likeness (QED) is 0.327. The number of carbonyl (C=O) groups is 3. The number of hydrogen-bond donors (Lipinski definition) is 2. The van der Waals surface area contributed by atoms with Crippen molar-refractivity contribution in [1.29, 1.82) is 0 Å². The van der Waals surface area contributed by atoms with Crippen LogP contribution in [0.3, 0.4) is 0 Å². The van der Waals surface area contributed by atoms with Crippen LogP contribution in [0.4, 0.5) is 4.79 Å². The third kappa shape index (κ3) is 7.63. The van der Waals surface area contributed by atoms with Crippen LogP contribution >= 0.6 is 0 Å². The summed E-state index contributed by atoms with van der Waals surface area (Å²) in [5.74, 6) is -0.851. The van der Waals surface area contributed by atoms with Crippen LogP contribution in [-0.4, -0.2) is 46.1 Å². The molecule has 3 aromatic carbocycles. The second-order valence-electron chi connectivity index (χ2n) is 8.52.